The minimum Gasteiger partial charge on any atom is -0.548 e. The summed E-state index contributed by atoms with van der Waals surface area (Å²) in [5, 5.41) is 11.1. The Bertz CT molecular complexity index is 553. The lowest BCUT2D eigenvalue weighted by Gasteiger charge is -2.24. The normalized spacial score (nSPS) is 14.6. The lowest BCUT2D eigenvalue weighted by molar-refractivity contribution is -0.309. The maximum absolute atomic E-state index is 12.1. The number of hydrogen-bond acceptors (Lipinski definition) is 5. The first-order valence-electron chi connectivity index (χ1n) is 6.19. The highest BCUT2D eigenvalue weighted by molar-refractivity contribution is 7.89. The molecule has 6 nitrogen and oxygen atoms in total. The first kappa shape index (κ1) is 16.5. The number of hydrogen-bond donors (Lipinski definition) is 1. The molecule has 112 valence electrons. The van der Waals surface area contributed by atoms with E-state index in [0.717, 1.165) is 0 Å². The molecule has 1 aromatic rings. The molecule has 0 unspecified atom stereocenters. The second kappa shape index (κ2) is 6.71. The van der Waals surface area contributed by atoms with Crippen molar-refractivity contribution in [3.8, 4) is 5.75 Å². The van der Waals surface area contributed by atoms with Gasteiger partial charge in [-0.3, -0.25) is 0 Å². The maximum atomic E-state index is 12.1. The van der Waals surface area contributed by atoms with Gasteiger partial charge in [-0.05, 0) is 30.2 Å². The molecule has 0 aliphatic carbocycles. The van der Waals surface area contributed by atoms with Crippen LogP contribution in [0.4, 0.5) is 0 Å². The second-order valence-electron chi connectivity index (χ2n) is 4.48. The van der Waals surface area contributed by atoms with Crippen molar-refractivity contribution in [1.82, 2.24) is 4.72 Å². The van der Waals surface area contributed by atoms with E-state index < -0.39 is 22.0 Å². The van der Waals surface area contributed by atoms with Crippen LogP contribution in [0.1, 0.15) is 20.3 Å². The van der Waals surface area contributed by atoms with Crippen LogP contribution in [0.15, 0.2) is 29.2 Å². The molecule has 0 bridgehead atoms. The number of benzene rings is 1. The van der Waals surface area contributed by atoms with Crippen LogP contribution >= 0.6 is 0 Å². The number of carboxylic acids is 1. The van der Waals surface area contributed by atoms with Gasteiger partial charge >= 0.3 is 0 Å². The molecule has 0 aliphatic heterocycles. The van der Waals surface area contributed by atoms with E-state index in [2.05, 4.69) is 4.72 Å². The van der Waals surface area contributed by atoms with Gasteiger partial charge in [-0.15, -0.1) is 0 Å². The Balaban J connectivity index is 3.00. The van der Waals surface area contributed by atoms with Crippen molar-refractivity contribution in [2.24, 2.45) is 5.92 Å². The maximum Gasteiger partial charge on any atom is 0.241 e. The molecule has 0 saturated heterocycles. The Kier molecular flexibility index (Phi) is 5.52. The first-order valence-corrected chi connectivity index (χ1v) is 7.67. The van der Waals surface area contributed by atoms with Crippen LogP contribution in [0.3, 0.4) is 0 Å². The van der Waals surface area contributed by atoms with Crippen molar-refractivity contribution < 1.29 is 23.1 Å². The van der Waals surface area contributed by atoms with E-state index in [9.17, 15) is 18.3 Å². The minimum absolute atomic E-state index is 0.0205. The summed E-state index contributed by atoms with van der Waals surface area (Å²) in [5.74, 6) is -1.29. The average molecular weight is 300 g/mol. The van der Waals surface area contributed by atoms with Crippen molar-refractivity contribution in [2.75, 3.05) is 7.11 Å². The summed E-state index contributed by atoms with van der Waals surface area (Å²) in [5.41, 5.74) is 0. The Morgan fingerprint density at radius 3 is 2.30 bits per heavy atom. The summed E-state index contributed by atoms with van der Waals surface area (Å²) >= 11 is 0. The first-order chi connectivity index (χ1) is 9.31. The lowest BCUT2D eigenvalue weighted by Crippen LogP contribution is -2.51. The van der Waals surface area contributed by atoms with Crippen molar-refractivity contribution in [3.63, 3.8) is 0 Å². The van der Waals surface area contributed by atoms with E-state index in [-0.39, 0.29) is 10.8 Å². The van der Waals surface area contributed by atoms with Crippen LogP contribution < -0.4 is 14.6 Å². The zero-order valence-corrected chi connectivity index (χ0v) is 12.4. The van der Waals surface area contributed by atoms with Crippen LogP contribution in [0.25, 0.3) is 0 Å². The van der Waals surface area contributed by atoms with Crippen molar-refractivity contribution in [1.29, 1.82) is 0 Å². The zero-order chi connectivity index (χ0) is 15.3. The third-order valence-electron chi connectivity index (χ3n) is 3.12. The van der Waals surface area contributed by atoms with Gasteiger partial charge in [-0.1, -0.05) is 20.3 Å². The fourth-order valence-electron chi connectivity index (χ4n) is 1.62. The minimum atomic E-state index is -3.91. The molecule has 0 radical (unpaired) electrons. The van der Waals surface area contributed by atoms with E-state index in [1.807, 2.05) is 0 Å². The van der Waals surface area contributed by atoms with Crippen molar-refractivity contribution in [2.45, 2.75) is 31.2 Å². The summed E-state index contributed by atoms with van der Waals surface area (Å²) in [7, 11) is -2.44. The monoisotopic (exact) mass is 300 g/mol. The predicted molar refractivity (Wildman–Crippen MR) is 71.6 cm³/mol. The summed E-state index contributed by atoms with van der Waals surface area (Å²) in [6, 6.07) is 4.43. The number of carbonyl (C=O) groups excluding carboxylic acids is 1. The molecule has 7 heteroatoms. The number of nitrogens with one attached hydrogen (secondary N) is 1. The van der Waals surface area contributed by atoms with E-state index >= 15 is 0 Å². The summed E-state index contributed by atoms with van der Waals surface area (Å²) < 4.78 is 31.4. The number of methoxy groups -OCH3 is 1. The quantitative estimate of drug-likeness (QED) is 0.772. The molecular weight excluding hydrogens is 282 g/mol. The topological polar surface area (TPSA) is 95.5 Å². The van der Waals surface area contributed by atoms with E-state index in [0.29, 0.717) is 12.2 Å². The standard InChI is InChI=1S/C13H19NO5S/c1-4-9(2)12(13(15)16)14-20(17,18)11-7-5-10(19-3)6-8-11/h5-9,12,14H,4H2,1-3H3,(H,15,16)/p-1/t9-,12-/m1/s1. The molecule has 0 aromatic heterocycles. The Morgan fingerprint density at radius 2 is 1.90 bits per heavy atom. The third-order valence-corrected chi connectivity index (χ3v) is 4.58. The predicted octanol–water partition coefficient (Wildman–Crippen LogP) is 0.138. The number of aliphatic carboxylic acids is 1. The molecule has 20 heavy (non-hydrogen) atoms. The van der Waals surface area contributed by atoms with Gasteiger partial charge in [-0.2, -0.15) is 0 Å². The number of sulfonamides is 1. The molecule has 0 spiro atoms. The van der Waals surface area contributed by atoms with Crippen molar-refractivity contribution >= 4 is 16.0 Å². The van der Waals surface area contributed by atoms with Crippen molar-refractivity contribution in [3.05, 3.63) is 24.3 Å². The average Bonchev–Trinajstić information content (AvgIpc) is 2.43. The van der Waals surface area contributed by atoms with E-state index in [1.165, 1.54) is 31.4 Å². The van der Waals surface area contributed by atoms with Crippen LogP contribution in [0.2, 0.25) is 0 Å². The molecule has 0 amide bonds. The van der Waals surface area contributed by atoms with Gasteiger partial charge in [0.15, 0.2) is 0 Å². The zero-order valence-electron chi connectivity index (χ0n) is 11.6. The molecule has 1 rings (SSSR count). The highest BCUT2D eigenvalue weighted by atomic mass is 32.2. The van der Waals surface area contributed by atoms with Gasteiger partial charge < -0.3 is 14.6 Å². The number of carboxylic acid groups (broad SMARTS) is 1. The van der Waals surface area contributed by atoms with Gasteiger partial charge in [0.2, 0.25) is 10.0 Å². The number of ether oxygens (including phenoxy) is 1. The number of carbonyl (C=O) groups is 1. The van der Waals surface area contributed by atoms with Gasteiger partial charge in [0.1, 0.15) is 5.75 Å². The van der Waals surface area contributed by atoms with E-state index in [1.54, 1.807) is 13.8 Å². The SMILES string of the molecule is CC[C@@H](C)[C@@H](NS(=O)(=O)c1ccc(OC)cc1)C(=O)[O-]. The van der Waals surface area contributed by atoms with Crippen LogP contribution in [0, 0.1) is 5.92 Å². The lowest BCUT2D eigenvalue weighted by atomic mass is 10.0. The molecule has 0 aliphatic rings. The van der Waals surface area contributed by atoms with Gasteiger partial charge in [0, 0.05) is 0 Å². The third kappa shape index (κ3) is 3.94. The molecule has 1 N–H and O–H groups in total. The van der Waals surface area contributed by atoms with Crippen LogP contribution in [0.5, 0.6) is 5.75 Å². The fourth-order valence-corrected chi connectivity index (χ4v) is 2.92. The van der Waals surface area contributed by atoms with Crippen LogP contribution in [-0.4, -0.2) is 27.5 Å². The van der Waals surface area contributed by atoms with Gasteiger partial charge in [0.05, 0.1) is 24.0 Å². The smallest absolute Gasteiger partial charge is 0.241 e. The van der Waals surface area contributed by atoms with E-state index in [4.69, 9.17) is 4.74 Å². The largest absolute Gasteiger partial charge is 0.548 e. The molecule has 2 atom stereocenters. The molecule has 1 aromatic carbocycles. The Morgan fingerprint density at radius 1 is 1.35 bits per heavy atom. The summed E-state index contributed by atoms with van der Waals surface area (Å²) in [4.78, 5) is 11.0. The highest BCUT2D eigenvalue weighted by Gasteiger charge is 2.24. The Hall–Kier alpha value is -1.60. The Labute approximate surface area is 118 Å². The fraction of sp³-hybridized carbons (Fsp3) is 0.462. The molecule has 0 heterocycles. The summed E-state index contributed by atoms with van der Waals surface area (Å²) in [6.45, 7) is 3.43. The molecular formula is C13H18NO5S-. The molecule has 0 fully saturated rings. The van der Waals surface area contributed by atoms with Crippen LogP contribution in [-0.2, 0) is 14.8 Å². The number of rotatable bonds is 7. The van der Waals surface area contributed by atoms with Gasteiger partial charge in [0.25, 0.3) is 0 Å². The molecule has 0 saturated carbocycles. The summed E-state index contributed by atoms with van der Waals surface area (Å²) in [6.07, 6.45) is 0.518. The van der Waals surface area contributed by atoms with Gasteiger partial charge in [-0.25, -0.2) is 13.1 Å². The highest BCUT2D eigenvalue weighted by Crippen LogP contribution is 2.17. The second-order valence-corrected chi connectivity index (χ2v) is 6.19.